The minimum atomic E-state index is -0.154. The summed E-state index contributed by atoms with van der Waals surface area (Å²) in [4.78, 5) is 0. The number of hydrogen-bond acceptors (Lipinski definition) is 6. The summed E-state index contributed by atoms with van der Waals surface area (Å²) >= 11 is 0. The lowest BCUT2D eigenvalue weighted by Crippen LogP contribution is -2.04. The Morgan fingerprint density at radius 3 is 2.80 bits per heavy atom. The Labute approximate surface area is 56.4 Å². The molecule has 1 heterocycles. The van der Waals surface area contributed by atoms with Crippen LogP contribution in [0, 0.1) is 5.41 Å². The highest BCUT2D eigenvalue weighted by Crippen LogP contribution is 2.04. The average molecular weight is 142 g/mol. The van der Waals surface area contributed by atoms with Crippen molar-refractivity contribution >= 4 is 11.7 Å². The normalized spacial score (nSPS) is 9.30. The molecule has 3 N–H and O–H groups in total. The predicted molar refractivity (Wildman–Crippen MR) is 32.5 cm³/mol. The quantitative estimate of drug-likeness (QED) is 0.411. The fourth-order valence-corrected chi connectivity index (χ4v) is 0.450. The number of anilines is 1. The van der Waals surface area contributed by atoms with Crippen LogP contribution in [0.2, 0.25) is 0 Å². The summed E-state index contributed by atoms with van der Waals surface area (Å²) in [5.74, 6) is -0.0920. The molecule has 0 aliphatic rings. The highest BCUT2D eigenvalue weighted by atomic mass is 16.6. The van der Waals surface area contributed by atoms with E-state index in [4.69, 9.17) is 11.1 Å². The Balaban J connectivity index is 2.93. The van der Waals surface area contributed by atoms with E-state index in [0.717, 1.165) is 0 Å². The van der Waals surface area contributed by atoms with Gasteiger partial charge in [-0.2, -0.15) is 0 Å². The molecule has 1 rings (SSSR count). The van der Waals surface area contributed by atoms with Crippen molar-refractivity contribution in [3.63, 3.8) is 0 Å². The predicted octanol–water partition coefficient (Wildman–Crippen LogP) is -0.376. The lowest BCUT2D eigenvalue weighted by atomic mass is 10.4. The van der Waals surface area contributed by atoms with Crippen LogP contribution in [0.5, 0.6) is 0 Å². The van der Waals surface area contributed by atoms with Crippen molar-refractivity contribution < 1.29 is 9.37 Å². The number of hydrogen-bond donors (Lipinski definition) is 2. The van der Waals surface area contributed by atoms with Gasteiger partial charge in [0.15, 0.2) is 0 Å². The number of nitrogen functional groups attached to an aromatic ring is 1. The van der Waals surface area contributed by atoms with Gasteiger partial charge in [-0.1, -0.05) is 0 Å². The van der Waals surface area contributed by atoms with E-state index in [9.17, 15) is 0 Å². The summed E-state index contributed by atoms with van der Waals surface area (Å²) < 4.78 is 8.74. The molecule has 0 aliphatic heterocycles. The molecule has 0 bridgehead atoms. The van der Waals surface area contributed by atoms with Crippen molar-refractivity contribution in [2.24, 2.45) is 0 Å². The van der Waals surface area contributed by atoms with E-state index in [1.807, 2.05) is 0 Å². The van der Waals surface area contributed by atoms with Gasteiger partial charge >= 0.3 is 0 Å². The van der Waals surface area contributed by atoms with Crippen LogP contribution in [0.1, 0.15) is 5.69 Å². The average Bonchev–Trinajstić information content (AvgIpc) is 2.34. The molecule has 0 radical (unpaired) electrons. The molecule has 6 heteroatoms. The summed E-state index contributed by atoms with van der Waals surface area (Å²) in [6, 6.07) is 0. The molecule has 0 saturated heterocycles. The van der Waals surface area contributed by atoms with Crippen molar-refractivity contribution in [2.45, 2.75) is 0 Å². The number of ether oxygens (including phenoxy) is 1. The maximum absolute atomic E-state index is 7.07. The third kappa shape index (κ3) is 0.903. The van der Waals surface area contributed by atoms with Gasteiger partial charge < -0.3 is 10.5 Å². The third-order valence-electron chi connectivity index (χ3n) is 0.933. The molecule has 1 aromatic rings. The second-order valence-corrected chi connectivity index (χ2v) is 1.53. The van der Waals surface area contributed by atoms with Gasteiger partial charge in [-0.05, 0) is 10.3 Å². The number of nitrogens with one attached hydrogen (secondary N) is 1. The van der Waals surface area contributed by atoms with E-state index in [1.165, 1.54) is 7.11 Å². The van der Waals surface area contributed by atoms with Crippen LogP contribution in [-0.4, -0.2) is 23.3 Å². The first-order chi connectivity index (χ1) is 4.75. The first-order valence-electron chi connectivity index (χ1n) is 2.46. The molecule has 0 aliphatic carbocycles. The first kappa shape index (κ1) is 6.53. The molecule has 0 aromatic carbocycles. The number of nitrogens with two attached hydrogens (primary N) is 1. The fraction of sp³-hybridized carbons (Fsp3) is 0.250. The summed E-state index contributed by atoms with van der Waals surface area (Å²) in [7, 11) is 1.34. The SMILES string of the molecule is COC(=N)c1nonc1N. The van der Waals surface area contributed by atoms with Crippen molar-refractivity contribution in [3.8, 4) is 0 Å². The van der Waals surface area contributed by atoms with Gasteiger partial charge in [0.2, 0.25) is 17.4 Å². The lowest BCUT2D eigenvalue weighted by Gasteiger charge is -1.93. The molecule has 0 saturated carbocycles. The Morgan fingerprint density at radius 1 is 1.70 bits per heavy atom. The molecule has 0 atom stereocenters. The molecular formula is C4H6N4O2. The van der Waals surface area contributed by atoms with E-state index < -0.39 is 0 Å². The van der Waals surface area contributed by atoms with Crippen molar-refractivity contribution in [3.05, 3.63) is 5.69 Å². The molecule has 0 unspecified atom stereocenters. The van der Waals surface area contributed by atoms with Gasteiger partial charge in [-0.15, -0.1) is 0 Å². The molecule has 0 fully saturated rings. The first-order valence-corrected chi connectivity index (χ1v) is 2.46. The van der Waals surface area contributed by atoms with Crippen molar-refractivity contribution in [2.75, 3.05) is 12.8 Å². The summed E-state index contributed by atoms with van der Waals surface area (Å²) in [5, 5.41) is 13.7. The molecule has 0 amide bonds. The maximum atomic E-state index is 7.07. The minimum absolute atomic E-state index is 0.0619. The Kier molecular flexibility index (Phi) is 1.53. The molecular weight excluding hydrogens is 136 g/mol. The summed E-state index contributed by atoms with van der Waals surface area (Å²) in [5.41, 5.74) is 5.36. The minimum Gasteiger partial charge on any atom is -0.480 e. The Hall–Kier alpha value is -1.59. The topological polar surface area (TPSA) is 98.0 Å². The van der Waals surface area contributed by atoms with E-state index in [1.54, 1.807) is 0 Å². The van der Waals surface area contributed by atoms with E-state index in [0.29, 0.717) is 0 Å². The number of aromatic nitrogens is 2. The molecule has 6 nitrogen and oxygen atoms in total. The van der Waals surface area contributed by atoms with Crippen molar-refractivity contribution in [1.29, 1.82) is 5.41 Å². The van der Waals surface area contributed by atoms with Gasteiger partial charge in [-0.3, -0.25) is 5.41 Å². The van der Waals surface area contributed by atoms with Crippen LogP contribution in [0.3, 0.4) is 0 Å². The van der Waals surface area contributed by atoms with E-state index in [2.05, 4.69) is 19.7 Å². The number of nitrogens with zero attached hydrogens (tertiary/aromatic N) is 2. The molecule has 10 heavy (non-hydrogen) atoms. The smallest absolute Gasteiger partial charge is 0.239 e. The fourth-order valence-electron chi connectivity index (χ4n) is 0.450. The largest absolute Gasteiger partial charge is 0.480 e. The van der Waals surface area contributed by atoms with Crippen LogP contribution in [0.15, 0.2) is 4.63 Å². The monoisotopic (exact) mass is 142 g/mol. The zero-order chi connectivity index (χ0) is 7.56. The van der Waals surface area contributed by atoms with Gasteiger partial charge in [-0.25, -0.2) is 4.63 Å². The van der Waals surface area contributed by atoms with Gasteiger partial charge in [0.05, 0.1) is 7.11 Å². The van der Waals surface area contributed by atoms with E-state index >= 15 is 0 Å². The van der Waals surface area contributed by atoms with Crippen LogP contribution in [0.4, 0.5) is 5.82 Å². The zero-order valence-corrected chi connectivity index (χ0v) is 5.29. The molecule has 1 aromatic heterocycles. The lowest BCUT2D eigenvalue weighted by molar-refractivity contribution is 0.305. The van der Waals surface area contributed by atoms with Crippen LogP contribution in [0.25, 0.3) is 0 Å². The van der Waals surface area contributed by atoms with Crippen LogP contribution < -0.4 is 5.73 Å². The number of rotatable bonds is 1. The Morgan fingerprint density at radius 2 is 2.40 bits per heavy atom. The second kappa shape index (κ2) is 2.34. The Bertz CT molecular complexity index is 243. The van der Waals surface area contributed by atoms with Gasteiger partial charge in [0.1, 0.15) is 0 Å². The van der Waals surface area contributed by atoms with Crippen LogP contribution in [-0.2, 0) is 4.74 Å². The summed E-state index contributed by atoms with van der Waals surface area (Å²) in [6.07, 6.45) is 0. The second-order valence-electron chi connectivity index (χ2n) is 1.53. The maximum Gasteiger partial charge on any atom is 0.239 e. The van der Waals surface area contributed by atoms with Gasteiger partial charge in [0, 0.05) is 0 Å². The summed E-state index contributed by atoms with van der Waals surface area (Å²) in [6.45, 7) is 0. The molecule has 54 valence electrons. The molecule has 0 spiro atoms. The zero-order valence-electron chi connectivity index (χ0n) is 5.29. The number of methoxy groups -OCH3 is 1. The standard InChI is InChI=1S/C4H6N4O2/c1-9-4(6)2-3(5)8-10-7-2/h6H,1H3,(H2,5,8). The van der Waals surface area contributed by atoms with Crippen LogP contribution >= 0.6 is 0 Å². The van der Waals surface area contributed by atoms with E-state index in [-0.39, 0.29) is 17.4 Å². The highest BCUT2D eigenvalue weighted by molar-refractivity contribution is 5.93. The third-order valence-corrected chi connectivity index (χ3v) is 0.933. The van der Waals surface area contributed by atoms with Gasteiger partial charge in [0.25, 0.3) is 0 Å². The highest BCUT2D eigenvalue weighted by Gasteiger charge is 2.11. The van der Waals surface area contributed by atoms with Crippen molar-refractivity contribution in [1.82, 2.24) is 10.3 Å².